The zero-order valence-corrected chi connectivity index (χ0v) is 13.8. The maximum Gasteiger partial charge on any atom is 0.329 e. The standard InChI is InChI=1S/C18H19N3O3/c1-12-8-10-14(11-9-12)13(2)20-21-18(23)17(22)19-15-6-4-5-7-16(15)24-3/h4-11H,1-3H3,(H,19,22)(H,21,23). The quantitative estimate of drug-likeness (QED) is 0.515. The van der Waals surface area contributed by atoms with Crippen LogP contribution >= 0.6 is 0 Å². The van der Waals surface area contributed by atoms with Crippen LogP contribution in [0.4, 0.5) is 5.69 Å². The maximum absolute atomic E-state index is 11.9. The molecule has 0 aliphatic carbocycles. The van der Waals surface area contributed by atoms with Gasteiger partial charge in [-0.05, 0) is 31.5 Å². The summed E-state index contributed by atoms with van der Waals surface area (Å²) in [4.78, 5) is 23.8. The van der Waals surface area contributed by atoms with E-state index in [1.54, 1.807) is 31.2 Å². The predicted molar refractivity (Wildman–Crippen MR) is 93.2 cm³/mol. The van der Waals surface area contributed by atoms with Gasteiger partial charge in [0.25, 0.3) is 0 Å². The highest BCUT2D eigenvalue weighted by molar-refractivity contribution is 6.39. The van der Waals surface area contributed by atoms with E-state index in [0.717, 1.165) is 11.1 Å². The Morgan fingerprint density at radius 1 is 1.00 bits per heavy atom. The molecule has 6 heteroatoms. The molecule has 0 heterocycles. The molecule has 0 aromatic heterocycles. The maximum atomic E-state index is 11.9. The van der Waals surface area contributed by atoms with Crippen molar-refractivity contribution >= 4 is 23.2 Å². The molecular formula is C18H19N3O3. The Kier molecular flexibility index (Phi) is 5.68. The van der Waals surface area contributed by atoms with Crippen LogP contribution in [0.25, 0.3) is 0 Å². The summed E-state index contributed by atoms with van der Waals surface area (Å²) in [5.74, 6) is -1.20. The van der Waals surface area contributed by atoms with E-state index < -0.39 is 11.8 Å². The lowest BCUT2D eigenvalue weighted by Crippen LogP contribution is -2.33. The Hall–Kier alpha value is -3.15. The van der Waals surface area contributed by atoms with E-state index in [4.69, 9.17) is 4.74 Å². The second kappa shape index (κ2) is 7.92. The van der Waals surface area contributed by atoms with Gasteiger partial charge < -0.3 is 10.1 Å². The molecule has 0 aliphatic rings. The van der Waals surface area contributed by atoms with Crippen LogP contribution in [0.2, 0.25) is 0 Å². The molecule has 6 nitrogen and oxygen atoms in total. The summed E-state index contributed by atoms with van der Waals surface area (Å²) in [7, 11) is 1.49. The molecule has 2 N–H and O–H groups in total. The number of nitrogens with one attached hydrogen (secondary N) is 2. The number of carbonyl (C=O) groups excluding carboxylic acids is 2. The van der Waals surface area contributed by atoms with Gasteiger partial charge in [-0.3, -0.25) is 9.59 Å². The highest BCUT2D eigenvalue weighted by Crippen LogP contribution is 2.22. The van der Waals surface area contributed by atoms with Crippen LogP contribution in [-0.2, 0) is 9.59 Å². The first-order valence-electron chi connectivity index (χ1n) is 7.37. The highest BCUT2D eigenvalue weighted by atomic mass is 16.5. The number of methoxy groups -OCH3 is 1. The average Bonchev–Trinajstić information content (AvgIpc) is 2.60. The molecule has 0 fully saturated rings. The molecule has 2 aromatic carbocycles. The van der Waals surface area contributed by atoms with Crippen molar-refractivity contribution in [1.82, 2.24) is 5.43 Å². The van der Waals surface area contributed by atoms with Crippen molar-refractivity contribution in [1.29, 1.82) is 0 Å². The Labute approximate surface area is 140 Å². The topological polar surface area (TPSA) is 79.8 Å². The molecule has 0 aliphatic heterocycles. The number of anilines is 1. The number of hydrogen-bond acceptors (Lipinski definition) is 4. The van der Waals surface area contributed by atoms with Gasteiger partial charge in [0.2, 0.25) is 0 Å². The summed E-state index contributed by atoms with van der Waals surface area (Å²) in [6.45, 7) is 3.74. The summed E-state index contributed by atoms with van der Waals surface area (Å²) < 4.78 is 5.12. The number of para-hydroxylation sites is 2. The second-order valence-electron chi connectivity index (χ2n) is 5.16. The first-order valence-corrected chi connectivity index (χ1v) is 7.37. The molecule has 0 saturated carbocycles. The Morgan fingerprint density at radius 3 is 2.33 bits per heavy atom. The fourth-order valence-corrected chi connectivity index (χ4v) is 1.97. The Morgan fingerprint density at radius 2 is 1.67 bits per heavy atom. The van der Waals surface area contributed by atoms with E-state index in [1.165, 1.54) is 7.11 Å². The molecule has 2 aromatic rings. The van der Waals surface area contributed by atoms with Gasteiger partial charge in [-0.2, -0.15) is 5.10 Å². The lowest BCUT2D eigenvalue weighted by atomic mass is 10.1. The molecule has 24 heavy (non-hydrogen) atoms. The fraction of sp³-hybridized carbons (Fsp3) is 0.167. The largest absolute Gasteiger partial charge is 0.495 e. The summed E-state index contributed by atoms with van der Waals surface area (Å²) in [5, 5.41) is 6.44. The zero-order valence-electron chi connectivity index (χ0n) is 13.8. The molecule has 0 bridgehead atoms. The minimum absolute atomic E-state index is 0.416. The van der Waals surface area contributed by atoms with Gasteiger partial charge in [0.1, 0.15) is 5.75 Å². The lowest BCUT2D eigenvalue weighted by molar-refractivity contribution is -0.136. The summed E-state index contributed by atoms with van der Waals surface area (Å²) >= 11 is 0. The number of carbonyl (C=O) groups is 2. The third-order valence-electron chi connectivity index (χ3n) is 3.36. The van der Waals surface area contributed by atoms with Crippen molar-refractivity contribution in [2.24, 2.45) is 5.10 Å². The van der Waals surface area contributed by atoms with Gasteiger partial charge in [-0.1, -0.05) is 42.0 Å². The van der Waals surface area contributed by atoms with Gasteiger partial charge in [-0.15, -0.1) is 0 Å². The van der Waals surface area contributed by atoms with E-state index in [1.807, 2.05) is 31.2 Å². The van der Waals surface area contributed by atoms with Crippen LogP contribution in [0.3, 0.4) is 0 Å². The number of ether oxygens (including phenoxy) is 1. The van der Waals surface area contributed by atoms with Crippen molar-refractivity contribution < 1.29 is 14.3 Å². The highest BCUT2D eigenvalue weighted by Gasteiger charge is 2.15. The van der Waals surface area contributed by atoms with Gasteiger partial charge in [0.15, 0.2) is 0 Å². The van der Waals surface area contributed by atoms with Gasteiger partial charge in [-0.25, -0.2) is 5.43 Å². The van der Waals surface area contributed by atoms with Crippen molar-refractivity contribution in [2.75, 3.05) is 12.4 Å². The number of nitrogens with zero attached hydrogens (tertiary/aromatic N) is 1. The van der Waals surface area contributed by atoms with E-state index in [0.29, 0.717) is 17.1 Å². The number of hydrazone groups is 1. The summed E-state index contributed by atoms with van der Waals surface area (Å²) in [6, 6.07) is 14.5. The molecule has 0 unspecified atom stereocenters. The minimum Gasteiger partial charge on any atom is -0.495 e. The van der Waals surface area contributed by atoms with Crippen LogP contribution in [0.15, 0.2) is 53.6 Å². The van der Waals surface area contributed by atoms with Crippen molar-refractivity contribution in [2.45, 2.75) is 13.8 Å². The third-order valence-corrected chi connectivity index (χ3v) is 3.36. The van der Waals surface area contributed by atoms with Crippen molar-refractivity contribution in [3.63, 3.8) is 0 Å². The predicted octanol–water partition coefficient (Wildman–Crippen LogP) is 2.48. The first-order chi connectivity index (χ1) is 11.5. The molecule has 0 spiro atoms. The summed E-state index contributed by atoms with van der Waals surface area (Å²) in [5.41, 5.74) is 5.27. The smallest absolute Gasteiger partial charge is 0.329 e. The lowest BCUT2D eigenvalue weighted by Gasteiger charge is -2.09. The Balaban J connectivity index is 2.00. The number of hydrogen-bond donors (Lipinski definition) is 2. The van der Waals surface area contributed by atoms with Gasteiger partial charge in [0, 0.05) is 0 Å². The normalized spacial score (nSPS) is 10.9. The second-order valence-corrected chi connectivity index (χ2v) is 5.16. The molecule has 124 valence electrons. The third kappa shape index (κ3) is 4.42. The van der Waals surface area contributed by atoms with Gasteiger partial charge >= 0.3 is 11.8 Å². The van der Waals surface area contributed by atoms with Gasteiger partial charge in [0.05, 0.1) is 18.5 Å². The zero-order chi connectivity index (χ0) is 17.5. The first kappa shape index (κ1) is 17.2. The molecule has 0 atom stereocenters. The van der Waals surface area contributed by atoms with Crippen LogP contribution in [0.5, 0.6) is 5.75 Å². The number of amides is 2. The van der Waals surface area contributed by atoms with E-state index in [-0.39, 0.29) is 0 Å². The van der Waals surface area contributed by atoms with E-state index >= 15 is 0 Å². The van der Waals surface area contributed by atoms with Crippen molar-refractivity contribution in [3.8, 4) is 5.75 Å². The fourth-order valence-electron chi connectivity index (χ4n) is 1.97. The average molecular weight is 325 g/mol. The molecular weight excluding hydrogens is 306 g/mol. The number of aryl methyl sites for hydroxylation is 1. The Bertz CT molecular complexity index is 767. The summed E-state index contributed by atoms with van der Waals surface area (Å²) in [6.07, 6.45) is 0. The number of benzene rings is 2. The molecule has 0 radical (unpaired) electrons. The van der Waals surface area contributed by atoms with Crippen molar-refractivity contribution in [3.05, 3.63) is 59.7 Å². The SMILES string of the molecule is COc1ccccc1NC(=O)C(=O)NN=C(C)c1ccc(C)cc1. The van der Waals surface area contributed by atoms with E-state index in [2.05, 4.69) is 15.8 Å². The van der Waals surface area contributed by atoms with E-state index in [9.17, 15) is 9.59 Å². The van der Waals surface area contributed by atoms with Crippen LogP contribution in [0.1, 0.15) is 18.1 Å². The number of rotatable bonds is 4. The molecule has 2 rings (SSSR count). The molecule has 2 amide bonds. The minimum atomic E-state index is -0.854. The van der Waals surface area contributed by atoms with Crippen LogP contribution < -0.4 is 15.5 Å². The molecule has 0 saturated heterocycles. The van der Waals surface area contributed by atoms with Crippen LogP contribution in [-0.4, -0.2) is 24.6 Å². The monoisotopic (exact) mass is 325 g/mol. The van der Waals surface area contributed by atoms with Crippen LogP contribution in [0, 0.1) is 6.92 Å².